The highest BCUT2D eigenvalue weighted by atomic mass is 16.4. The first-order chi connectivity index (χ1) is 15.7. The maximum atomic E-state index is 12.3. The van der Waals surface area contributed by atoms with Crippen molar-refractivity contribution in [1.82, 2.24) is 9.80 Å². The van der Waals surface area contributed by atoms with Crippen molar-refractivity contribution in [3.63, 3.8) is 0 Å². The maximum Gasteiger partial charge on any atom is 0.336 e. The summed E-state index contributed by atoms with van der Waals surface area (Å²) in [5.74, 6) is -4.89. The number of carbonyl (C=O) groups excluding carboxylic acids is 1. The molecule has 2 rings (SSSR count). The molecule has 0 aliphatic rings. The first-order valence-corrected chi connectivity index (χ1v) is 10.4. The highest BCUT2D eigenvalue weighted by molar-refractivity contribution is 5.90. The molecule has 2 aromatic rings. The normalized spacial score (nSPS) is 11.1. The van der Waals surface area contributed by atoms with Gasteiger partial charge in [-0.1, -0.05) is 6.07 Å². The van der Waals surface area contributed by atoms with Crippen molar-refractivity contribution >= 4 is 34.8 Å². The van der Waals surface area contributed by atoms with Crippen LogP contribution in [0.2, 0.25) is 0 Å². The van der Waals surface area contributed by atoms with Crippen molar-refractivity contribution in [3.8, 4) is 0 Å². The molecule has 0 fully saturated rings. The first kappa shape index (κ1) is 28.6. The molecule has 0 saturated heterocycles. The van der Waals surface area contributed by atoms with E-state index in [0.717, 1.165) is 35.2 Å². The lowest BCUT2D eigenvalue weighted by Crippen LogP contribution is -2.42. The van der Waals surface area contributed by atoms with Gasteiger partial charge in [0.2, 0.25) is 5.91 Å². The van der Waals surface area contributed by atoms with E-state index in [1.807, 2.05) is 27.2 Å². The quantitative estimate of drug-likeness (QED) is 0.389. The van der Waals surface area contributed by atoms with Crippen LogP contribution in [-0.2, 0) is 25.6 Å². The molecule has 11 nitrogen and oxygen atoms in total. The molecule has 0 unspecified atom stereocenters. The number of nitrogens with zero attached hydrogens (tertiary/aromatic N) is 2. The number of aliphatic carboxylic acids is 3. The summed E-state index contributed by atoms with van der Waals surface area (Å²) in [4.78, 5) is 46.6. The largest absolute Gasteiger partial charge is 0.481 e. The number of fused-ring (bicyclic) bond motifs is 1. The van der Waals surface area contributed by atoms with Crippen LogP contribution in [0.1, 0.15) is 29.5 Å². The maximum absolute atomic E-state index is 12.3. The van der Waals surface area contributed by atoms with Gasteiger partial charge in [0.25, 0.3) is 0 Å². The minimum Gasteiger partial charge on any atom is -0.481 e. The predicted molar refractivity (Wildman–Crippen MR) is 123 cm³/mol. The summed E-state index contributed by atoms with van der Waals surface area (Å²) >= 11 is 0. The molecule has 1 aromatic heterocycles. The molecule has 188 valence electrons. The summed E-state index contributed by atoms with van der Waals surface area (Å²) in [5.41, 5.74) is 1.45. The molecule has 0 radical (unpaired) electrons. The van der Waals surface area contributed by atoms with Crippen molar-refractivity contribution in [2.75, 3.05) is 34.2 Å². The third-order valence-corrected chi connectivity index (χ3v) is 5.03. The van der Waals surface area contributed by atoms with E-state index >= 15 is 0 Å². The van der Waals surface area contributed by atoms with E-state index in [1.165, 1.54) is 5.56 Å². The molecule has 0 bridgehead atoms. The number of hydrogen-bond acceptors (Lipinski definition) is 7. The minimum absolute atomic E-state index is 0.125. The Kier molecular flexibility index (Phi) is 10.2. The lowest BCUT2D eigenvalue weighted by Gasteiger charge is -2.19. The van der Waals surface area contributed by atoms with Gasteiger partial charge in [-0.3, -0.25) is 14.4 Å². The van der Waals surface area contributed by atoms with Gasteiger partial charge in [0.15, 0.2) is 5.60 Å². The van der Waals surface area contributed by atoms with Gasteiger partial charge in [0, 0.05) is 31.1 Å². The fourth-order valence-electron chi connectivity index (χ4n) is 3.24. The standard InChI is InChI=1S/C17H24N2O2.C6H8O7/c1-12-8-13(2)17-14(11-21-15(17)9-12)10-16(20)19(5)7-6-18(3)4;7-3(8)1-6(13,5(11)12)2-4(9)10/h8-9,11H,6-7,10H2,1-5H3;13H,1-2H2,(H,7,8)(H,9,10)(H,11,12). The number of aliphatic hydroxyl groups is 1. The number of benzene rings is 1. The zero-order valence-corrected chi connectivity index (χ0v) is 20.0. The second-order valence-corrected chi connectivity index (χ2v) is 8.49. The molecule has 0 saturated carbocycles. The Morgan fingerprint density at radius 3 is 1.97 bits per heavy atom. The monoisotopic (exact) mass is 480 g/mol. The molecule has 0 atom stereocenters. The van der Waals surface area contributed by atoms with Crippen LogP contribution in [0, 0.1) is 13.8 Å². The number of carboxylic acid groups (broad SMARTS) is 3. The number of furan rings is 1. The van der Waals surface area contributed by atoms with E-state index in [0.29, 0.717) is 6.42 Å². The van der Waals surface area contributed by atoms with Gasteiger partial charge in [-0.15, -0.1) is 0 Å². The number of hydrogen-bond donors (Lipinski definition) is 4. The van der Waals surface area contributed by atoms with Crippen LogP contribution >= 0.6 is 0 Å². The van der Waals surface area contributed by atoms with Crippen molar-refractivity contribution < 1.29 is 44.0 Å². The van der Waals surface area contributed by atoms with Crippen molar-refractivity contribution in [3.05, 3.63) is 35.1 Å². The molecule has 1 aromatic carbocycles. The van der Waals surface area contributed by atoms with Crippen LogP contribution in [0.3, 0.4) is 0 Å². The zero-order valence-electron chi connectivity index (χ0n) is 20.0. The van der Waals surface area contributed by atoms with Gasteiger partial charge >= 0.3 is 17.9 Å². The van der Waals surface area contributed by atoms with Gasteiger partial charge in [-0.25, -0.2) is 4.79 Å². The summed E-state index contributed by atoms with van der Waals surface area (Å²) in [6, 6.07) is 4.15. The molecular weight excluding hydrogens is 448 g/mol. The third kappa shape index (κ3) is 8.49. The number of rotatable bonds is 10. The molecule has 4 N–H and O–H groups in total. The van der Waals surface area contributed by atoms with Crippen LogP contribution in [0.5, 0.6) is 0 Å². The summed E-state index contributed by atoms with van der Waals surface area (Å²) < 4.78 is 5.61. The SMILES string of the molecule is Cc1cc(C)c2c(CC(=O)N(C)CCN(C)C)coc2c1.O=C(O)CC(O)(CC(=O)O)C(=O)O. The van der Waals surface area contributed by atoms with E-state index in [4.69, 9.17) is 24.8 Å². The minimum atomic E-state index is -2.74. The number of carbonyl (C=O) groups is 4. The molecule has 11 heteroatoms. The van der Waals surface area contributed by atoms with E-state index < -0.39 is 36.4 Å². The predicted octanol–water partition coefficient (Wildman–Crippen LogP) is 1.36. The molecule has 34 heavy (non-hydrogen) atoms. The number of aryl methyl sites for hydroxylation is 2. The zero-order chi connectivity index (χ0) is 26.2. The highest BCUT2D eigenvalue weighted by Crippen LogP contribution is 2.26. The lowest BCUT2D eigenvalue weighted by molar-refractivity contribution is -0.170. The van der Waals surface area contributed by atoms with Crippen molar-refractivity contribution in [1.29, 1.82) is 0 Å². The number of likely N-dealkylation sites (N-methyl/N-ethyl adjacent to an activating group) is 2. The van der Waals surface area contributed by atoms with Crippen LogP contribution < -0.4 is 0 Å². The Balaban J connectivity index is 0.000000385. The average Bonchev–Trinajstić information content (AvgIpc) is 3.07. The van der Waals surface area contributed by atoms with E-state index in [2.05, 4.69) is 24.8 Å². The Bertz CT molecular complexity index is 1030. The van der Waals surface area contributed by atoms with Gasteiger partial charge in [-0.2, -0.15) is 0 Å². The fourth-order valence-corrected chi connectivity index (χ4v) is 3.24. The smallest absolute Gasteiger partial charge is 0.336 e. The molecular formula is C23H32N2O9. The average molecular weight is 481 g/mol. The Hall–Kier alpha value is -3.44. The second kappa shape index (κ2) is 12.1. The van der Waals surface area contributed by atoms with Crippen LogP contribution in [0.25, 0.3) is 11.0 Å². The first-order valence-electron chi connectivity index (χ1n) is 10.4. The van der Waals surface area contributed by atoms with Crippen molar-refractivity contribution in [2.24, 2.45) is 0 Å². The molecule has 1 amide bonds. The van der Waals surface area contributed by atoms with E-state index in [1.54, 1.807) is 11.2 Å². The summed E-state index contributed by atoms with van der Waals surface area (Å²) in [5, 5.41) is 34.9. The van der Waals surface area contributed by atoms with Crippen molar-refractivity contribution in [2.45, 2.75) is 38.7 Å². The van der Waals surface area contributed by atoms with Crippen LogP contribution in [-0.4, -0.2) is 93.9 Å². The Morgan fingerprint density at radius 1 is 0.941 bits per heavy atom. The number of amides is 1. The fraction of sp³-hybridized carbons (Fsp3) is 0.478. The van der Waals surface area contributed by atoms with Gasteiger partial charge in [0.05, 0.1) is 25.5 Å². The van der Waals surface area contributed by atoms with Gasteiger partial charge < -0.3 is 34.6 Å². The van der Waals surface area contributed by atoms with E-state index in [-0.39, 0.29) is 5.91 Å². The Labute approximate surface area is 197 Å². The summed E-state index contributed by atoms with van der Waals surface area (Å²) in [7, 11) is 5.87. The topological polar surface area (TPSA) is 169 Å². The van der Waals surface area contributed by atoms with Crippen LogP contribution in [0.4, 0.5) is 0 Å². The van der Waals surface area contributed by atoms with Crippen LogP contribution in [0.15, 0.2) is 22.8 Å². The summed E-state index contributed by atoms with van der Waals surface area (Å²) in [6.45, 7) is 5.72. The van der Waals surface area contributed by atoms with E-state index in [9.17, 15) is 19.2 Å². The molecule has 0 aliphatic heterocycles. The number of carboxylic acids is 3. The van der Waals surface area contributed by atoms with Gasteiger partial charge in [-0.05, 0) is 45.1 Å². The molecule has 0 spiro atoms. The second-order valence-electron chi connectivity index (χ2n) is 8.49. The Morgan fingerprint density at radius 2 is 1.50 bits per heavy atom. The lowest BCUT2D eigenvalue weighted by atomic mass is 9.96. The summed E-state index contributed by atoms with van der Waals surface area (Å²) in [6.07, 6.45) is -0.182. The highest BCUT2D eigenvalue weighted by Gasteiger charge is 2.40. The molecule has 1 heterocycles. The molecule has 0 aliphatic carbocycles. The van der Waals surface area contributed by atoms with Gasteiger partial charge in [0.1, 0.15) is 5.58 Å². The third-order valence-electron chi connectivity index (χ3n) is 5.03.